The van der Waals surface area contributed by atoms with Crippen LogP contribution in [0.2, 0.25) is 0 Å². The van der Waals surface area contributed by atoms with Gasteiger partial charge in [0.2, 0.25) is 0 Å². The highest BCUT2D eigenvalue weighted by molar-refractivity contribution is 7.47. The topological polar surface area (TPSA) is 155 Å². The molecule has 0 spiro atoms. The first kappa shape index (κ1) is 71.4. The van der Waals surface area contributed by atoms with Gasteiger partial charge in [0.15, 0.2) is 6.10 Å². The summed E-state index contributed by atoms with van der Waals surface area (Å²) in [6, 6.07) is 0. The fourth-order valence-electron chi connectivity index (χ4n) is 8.64. The summed E-state index contributed by atoms with van der Waals surface area (Å²) in [7, 11) is -4.74. The average molecular weight is 1070 g/mol. The van der Waals surface area contributed by atoms with Crippen LogP contribution < -0.4 is 0 Å². The third kappa shape index (κ3) is 54.2. The summed E-state index contributed by atoms with van der Waals surface area (Å²) in [4.78, 5) is 48.5. The molecule has 0 fully saturated rings. The minimum absolute atomic E-state index is 0.154. The summed E-state index contributed by atoms with van der Waals surface area (Å²) in [6.07, 6.45) is 60.8. The molecule has 0 aliphatic carbocycles. The fourth-order valence-corrected chi connectivity index (χ4v) is 9.43. The van der Waals surface area contributed by atoms with Gasteiger partial charge in [-0.15, -0.1) is 0 Å². The standard InChI is InChI=1S/C62H113O11P/c1-4-7-10-13-16-19-21-23-25-27-29-31-33-35-37-40-42-45-48-51-60(64)69-55-59(57-71-74(67,68)70-56-58(54-63)72-61(65)52-49-46-43-39-18-15-12-9-6-3)73-62(66)53-50-47-44-41-38-36-34-32-30-28-26-24-22-20-17-14-11-8-5-2/h8,11,17,20,24,26,30,32,58-59,63H,4-7,9-10,12-16,18-19,21-23,25,27-29,31,33-57H2,1-3H3,(H,67,68)/b11-8-,20-17-,26-24-,32-30-. The molecule has 0 aromatic carbocycles. The lowest BCUT2D eigenvalue weighted by atomic mass is 10.0. The first-order valence-corrected chi connectivity index (χ1v) is 32.0. The Hall–Kier alpha value is -2.56. The Balaban J connectivity index is 4.68. The second-order valence-electron chi connectivity index (χ2n) is 20.5. The number of carbonyl (C=O) groups is 3. The third-order valence-electron chi connectivity index (χ3n) is 13.3. The maximum Gasteiger partial charge on any atom is 0.472 e. The van der Waals surface area contributed by atoms with E-state index >= 15 is 0 Å². The van der Waals surface area contributed by atoms with Gasteiger partial charge in [0.25, 0.3) is 0 Å². The number of rotatable bonds is 57. The van der Waals surface area contributed by atoms with Gasteiger partial charge in [-0.1, -0.05) is 262 Å². The number of allylic oxidation sites excluding steroid dienone is 8. The van der Waals surface area contributed by atoms with E-state index in [4.69, 9.17) is 23.3 Å². The smallest absolute Gasteiger partial charge is 0.462 e. The van der Waals surface area contributed by atoms with E-state index in [1.54, 1.807) is 0 Å². The third-order valence-corrected chi connectivity index (χ3v) is 14.2. The van der Waals surface area contributed by atoms with Crippen molar-refractivity contribution < 1.29 is 52.2 Å². The van der Waals surface area contributed by atoms with Crippen LogP contribution in [0.4, 0.5) is 0 Å². The highest BCUT2D eigenvalue weighted by atomic mass is 31.2. The quantitative estimate of drug-likeness (QED) is 0.0197. The Labute approximate surface area is 453 Å². The zero-order valence-electron chi connectivity index (χ0n) is 47.8. The monoisotopic (exact) mass is 1060 g/mol. The van der Waals surface area contributed by atoms with Crippen molar-refractivity contribution in [3.05, 3.63) is 48.6 Å². The van der Waals surface area contributed by atoms with Crippen molar-refractivity contribution >= 4 is 25.7 Å². The fraction of sp³-hybridized carbons (Fsp3) is 0.823. The number of aliphatic hydroxyl groups excluding tert-OH is 1. The number of phosphoric acid groups is 1. The molecule has 0 amide bonds. The summed E-state index contributed by atoms with van der Waals surface area (Å²) >= 11 is 0. The number of carbonyl (C=O) groups excluding carboxylic acids is 3. The average Bonchev–Trinajstić information content (AvgIpc) is 3.39. The molecule has 0 bridgehead atoms. The maximum absolute atomic E-state index is 12.9. The summed E-state index contributed by atoms with van der Waals surface area (Å²) in [5, 5.41) is 9.78. The largest absolute Gasteiger partial charge is 0.472 e. The molecule has 0 saturated carbocycles. The van der Waals surface area contributed by atoms with Gasteiger partial charge < -0.3 is 24.2 Å². The predicted octanol–water partition coefficient (Wildman–Crippen LogP) is 18.1. The van der Waals surface area contributed by atoms with Gasteiger partial charge in [-0.2, -0.15) is 0 Å². The van der Waals surface area contributed by atoms with Crippen LogP contribution in [0.1, 0.15) is 290 Å². The minimum atomic E-state index is -4.74. The molecule has 0 saturated heterocycles. The number of aliphatic hydroxyl groups is 1. The molecule has 0 aliphatic rings. The van der Waals surface area contributed by atoms with Crippen molar-refractivity contribution in [3.8, 4) is 0 Å². The Morgan fingerprint density at radius 2 is 0.703 bits per heavy atom. The molecule has 2 N–H and O–H groups in total. The van der Waals surface area contributed by atoms with E-state index in [0.29, 0.717) is 19.3 Å². The molecule has 0 aromatic rings. The number of esters is 3. The van der Waals surface area contributed by atoms with Gasteiger partial charge in [-0.05, 0) is 57.8 Å². The van der Waals surface area contributed by atoms with Gasteiger partial charge in [-0.3, -0.25) is 23.4 Å². The molecular weight excluding hydrogens is 952 g/mol. The second kappa shape index (κ2) is 56.6. The lowest BCUT2D eigenvalue weighted by Crippen LogP contribution is -2.30. The molecule has 0 radical (unpaired) electrons. The van der Waals surface area contributed by atoms with Gasteiger partial charge in [0.05, 0.1) is 19.8 Å². The van der Waals surface area contributed by atoms with E-state index in [1.807, 2.05) is 0 Å². The van der Waals surface area contributed by atoms with Crippen LogP contribution in [0.15, 0.2) is 48.6 Å². The van der Waals surface area contributed by atoms with E-state index in [9.17, 15) is 28.9 Å². The molecule has 0 aromatic heterocycles. The number of phosphoric ester groups is 1. The van der Waals surface area contributed by atoms with Crippen LogP contribution in [0, 0.1) is 0 Å². The van der Waals surface area contributed by atoms with Gasteiger partial charge in [0.1, 0.15) is 12.7 Å². The van der Waals surface area contributed by atoms with E-state index in [-0.39, 0.29) is 25.9 Å². The normalized spacial score (nSPS) is 13.6. The summed E-state index contributed by atoms with van der Waals surface area (Å²) in [5.74, 6) is -1.46. The molecule has 3 unspecified atom stereocenters. The lowest BCUT2D eigenvalue weighted by Gasteiger charge is -2.21. The van der Waals surface area contributed by atoms with E-state index in [0.717, 1.165) is 103 Å². The van der Waals surface area contributed by atoms with Crippen molar-refractivity contribution in [2.45, 2.75) is 303 Å². The van der Waals surface area contributed by atoms with Gasteiger partial charge in [0, 0.05) is 19.3 Å². The number of ether oxygens (including phenoxy) is 3. The molecule has 0 rings (SSSR count). The number of hydrogen-bond donors (Lipinski definition) is 2. The SMILES string of the molecule is CC/C=C\C/C=C\C/C=C\C/C=C\CCCCCCCCC(=O)OC(COC(=O)CCCCCCCCCCCCCCCCCCCCC)COP(=O)(O)OCC(CO)OC(=O)CCCCCCCCCCC. The molecule has 0 heterocycles. The highest BCUT2D eigenvalue weighted by Crippen LogP contribution is 2.43. The van der Waals surface area contributed by atoms with Gasteiger partial charge >= 0.3 is 25.7 Å². The maximum atomic E-state index is 12.9. The van der Waals surface area contributed by atoms with Crippen LogP contribution in [0.5, 0.6) is 0 Å². The zero-order chi connectivity index (χ0) is 54.1. The Morgan fingerprint density at radius 3 is 1.08 bits per heavy atom. The van der Waals surface area contributed by atoms with Crippen LogP contribution in [0.3, 0.4) is 0 Å². The van der Waals surface area contributed by atoms with E-state index in [1.165, 1.54) is 128 Å². The zero-order valence-corrected chi connectivity index (χ0v) is 48.7. The van der Waals surface area contributed by atoms with Gasteiger partial charge in [-0.25, -0.2) is 4.57 Å². The molecule has 74 heavy (non-hydrogen) atoms. The van der Waals surface area contributed by atoms with Crippen molar-refractivity contribution in [3.63, 3.8) is 0 Å². The highest BCUT2D eigenvalue weighted by Gasteiger charge is 2.28. The molecule has 12 heteroatoms. The molecular formula is C62H113O11P. The van der Waals surface area contributed by atoms with Crippen LogP contribution in [0.25, 0.3) is 0 Å². The Morgan fingerprint density at radius 1 is 0.392 bits per heavy atom. The van der Waals surface area contributed by atoms with E-state index < -0.39 is 57.8 Å². The van der Waals surface area contributed by atoms with Crippen molar-refractivity contribution in [2.24, 2.45) is 0 Å². The number of hydrogen-bond acceptors (Lipinski definition) is 10. The lowest BCUT2D eigenvalue weighted by molar-refractivity contribution is -0.161. The van der Waals surface area contributed by atoms with E-state index in [2.05, 4.69) is 69.4 Å². The van der Waals surface area contributed by atoms with Crippen LogP contribution in [-0.2, 0) is 42.2 Å². The van der Waals surface area contributed by atoms with Crippen molar-refractivity contribution in [1.82, 2.24) is 0 Å². The molecule has 11 nitrogen and oxygen atoms in total. The number of unbranched alkanes of at least 4 members (excludes halogenated alkanes) is 32. The second-order valence-corrected chi connectivity index (χ2v) is 22.0. The summed E-state index contributed by atoms with van der Waals surface area (Å²) in [5.41, 5.74) is 0. The first-order chi connectivity index (χ1) is 36.2. The summed E-state index contributed by atoms with van der Waals surface area (Å²) in [6.45, 7) is 4.54. The molecule has 432 valence electrons. The summed E-state index contributed by atoms with van der Waals surface area (Å²) < 4.78 is 39.5. The van der Waals surface area contributed by atoms with Crippen LogP contribution in [-0.4, -0.2) is 66.5 Å². The first-order valence-electron chi connectivity index (χ1n) is 30.5. The van der Waals surface area contributed by atoms with Crippen LogP contribution >= 0.6 is 7.82 Å². The minimum Gasteiger partial charge on any atom is -0.462 e. The molecule has 3 atom stereocenters. The van der Waals surface area contributed by atoms with Crippen molar-refractivity contribution in [1.29, 1.82) is 0 Å². The van der Waals surface area contributed by atoms with Crippen molar-refractivity contribution in [2.75, 3.05) is 26.4 Å². The molecule has 0 aliphatic heterocycles. The predicted molar refractivity (Wildman–Crippen MR) is 307 cm³/mol. The Kier molecular flexibility index (Phi) is 54.7. The Bertz CT molecular complexity index is 1430.